The number of nitrogens with zero attached hydrogens (tertiary/aromatic N) is 1. The Morgan fingerprint density at radius 2 is 1.90 bits per heavy atom. The molecule has 0 aliphatic heterocycles. The lowest BCUT2D eigenvalue weighted by Crippen LogP contribution is -2.12. The molecule has 0 unspecified atom stereocenters. The first kappa shape index (κ1) is 13.7. The summed E-state index contributed by atoms with van der Waals surface area (Å²) in [6, 6.07) is 11.3. The van der Waals surface area contributed by atoms with Crippen LogP contribution in [-0.4, -0.2) is 17.3 Å². The van der Waals surface area contributed by atoms with E-state index in [0.717, 1.165) is 18.2 Å². The third kappa shape index (κ3) is 3.17. The molecule has 102 valence electrons. The summed E-state index contributed by atoms with van der Waals surface area (Å²) in [6.07, 6.45) is 0. The van der Waals surface area contributed by atoms with Gasteiger partial charge in [0.2, 0.25) is 0 Å². The molecule has 0 bridgehead atoms. The van der Waals surface area contributed by atoms with Gasteiger partial charge in [-0.1, -0.05) is 30.3 Å². The number of nitro benzene ring substituents is 1. The van der Waals surface area contributed by atoms with Gasteiger partial charge >= 0.3 is 5.69 Å². The highest BCUT2D eigenvalue weighted by molar-refractivity contribution is 5.97. The monoisotopic (exact) mass is 275 g/mol. The average Bonchev–Trinajstić information content (AvgIpc) is 2.46. The highest BCUT2D eigenvalue weighted by Gasteiger charge is 2.17. The maximum absolute atomic E-state index is 12.9. The fraction of sp³-hybridized carbons (Fsp3) is 0.0714. The molecule has 6 heteroatoms. The lowest BCUT2D eigenvalue weighted by molar-refractivity contribution is -0.386. The topological polar surface area (TPSA) is 69.4 Å². The van der Waals surface area contributed by atoms with Gasteiger partial charge in [0.1, 0.15) is 5.82 Å². The molecule has 5 nitrogen and oxygen atoms in total. The molecular weight excluding hydrogens is 265 g/mol. The third-order valence-electron chi connectivity index (χ3n) is 2.57. The van der Waals surface area contributed by atoms with E-state index in [0.29, 0.717) is 5.56 Å². The molecule has 2 aromatic rings. The SMILES string of the molecule is O=C(COc1ccc(F)cc1[N+](=O)[O-])c1ccccc1. The summed E-state index contributed by atoms with van der Waals surface area (Å²) in [5, 5.41) is 10.8. The number of Topliss-reactive ketones (excluding diaryl/α,β-unsaturated/α-hetero) is 1. The number of ketones is 1. The zero-order chi connectivity index (χ0) is 14.5. The van der Waals surface area contributed by atoms with E-state index in [1.165, 1.54) is 0 Å². The van der Waals surface area contributed by atoms with Crippen molar-refractivity contribution in [3.63, 3.8) is 0 Å². The van der Waals surface area contributed by atoms with E-state index in [2.05, 4.69) is 0 Å². The van der Waals surface area contributed by atoms with E-state index in [9.17, 15) is 19.3 Å². The number of nitro groups is 1. The van der Waals surface area contributed by atoms with E-state index < -0.39 is 16.4 Å². The van der Waals surface area contributed by atoms with Crippen LogP contribution in [0.1, 0.15) is 10.4 Å². The van der Waals surface area contributed by atoms with Crippen LogP contribution >= 0.6 is 0 Å². The number of rotatable bonds is 5. The van der Waals surface area contributed by atoms with Crippen molar-refractivity contribution in [2.75, 3.05) is 6.61 Å². The van der Waals surface area contributed by atoms with Crippen LogP contribution in [0.3, 0.4) is 0 Å². The van der Waals surface area contributed by atoms with Gasteiger partial charge in [0.05, 0.1) is 11.0 Å². The van der Waals surface area contributed by atoms with E-state index in [4.69, 9.17) is 4.74 Å². The zero-order valence-corrected chi connectivity index (χ0v) is 10.3. The predicted octanol–water partition coefficient (Wildman–Crippen LogP) is 3.00. The molecule has 0 saturated heterocycles. The van der Waals surface area contributed by atoms with Gasteiger partial charge in [-0.05, 0) is 12.1 Å². The van der Waals surface area contributed by atoms with Crippen LogP contribution in [0.25, 0.3) is 0 Å². The Labute approximate surface area is 113 Å². The second kappa shape index (κ2) is 5.92. The van der Waals surface area contributed by atoms with Crippen LogP contribution in [0.2, 0.25) is 0 Å². The smallest absolute Gasteiger partial charge is 0.313 e. The summed E-state index contributed by atoms with van der Waals surface area (Å²) in [7, 11) is 0. The molecule has 0 N–H and O–H groups in total. The van der Waals surface area contributed by atoms with Gasteiger partial charge in [0.25, 0.3) is 0 Å². The van der Waals surface area contributed by atoms with E-state index >= 15 is 0 Å². The molecule has 0 aromatic heterocycles. The molecule has 0 saturated carbocycles. The van der Waals surface area contributed by atoms with Crippen LogP contribution in [0.5, 0.6) is 5.75 Å². The molecular formula is C14H10FNO4. The summed E-state index contributed by atoms with van der Waals surface area (Å²) in [5.74, 6) is -1.19. The first-order chi connectivity index (χ1) is 9.58. The Balaban J connectivity index is 2.12. The minimum Gasteiger partial charge on any atom is -0.478 e. The summed E-state index contributed by atoms with van der Waals surface area (Å²) >= 11 is 0. The molecule has 0 aliphatic carbocycles. The first-order valence-electron chi connectivity index (χ1n) is 5.73. The summed E-state index contributed by atoms with van der Waals surface area (Å²) in [4.78, 5) is 21.8. The van der Waals surface area contributed by atoms with Crippen molar-refractivity contribution < 1.29 is 18.8 Å². The van der Waals surface area contributed by atoms with Gasteiger partial charge in [0, 0.05) is 5.56 Å². The number of carbonyl (C=O) groups is 1. The van der Waals surface area contributed by atoms with Crippen LogP contribution < -0.4 is 4.74 Å². The Bertz CT molecular complexity index is 643. The van der Waals surface area contributed by atoms with Crippen molar-refractivity contribution in [2.24, 2.45) is 0 Å². The fourth-order valence-electron chi connectivity index (χ4n) is 1.61. The lowest BCUT2D eigenvalue weighted by atomic mass is 10.1. The third-order valence-corrected chi connectivity index (χ3v) is 2.57. The number of ether oxygens (including phenoxy) is 1. The van der Waals surface area contributed by atoms with Gasteiger partial charge in [-0.25, -0.2) is 4.39 Å². The second-order valence-electron chi connectivity index (χ2n) is 3.95. The van der Waals surface area contributed by atoms with Gasteiger partial charge < -0.3 is 4.74 Å². The molecule has 2 rings (SSSR count). The highest BCUT2D eigenvalue weighted by Crippen LogP contribution is 2.27. The maximum atomic E-state index is 12.9. The van der Waals surface area contributed by atoms with Crippen LogP contribution in [0.15, 0.2) is 48.5 Å². The number of hydrogen-bond donors (Lipinski definition) is 0. The van der Waals surface area contributed by atoms with Crippen molar-refractivity contribution in [2.45, 2.75) is 0 Å². The molecule has 0 aliphatic rings. The summed E-state index contributed by atoms with van der Waals surface area (Å²) in [6.45, 7) is -0.351. The predicted molar refractivity (Wildman–Crippen MR) is 69.3 cm³/mol. The second-order valence-corrected chi connectivity index (χ2v) is 3.95. The Morgan fingerprint density at radius 3 is 2.55 bits per heavy atom. The first-order valence-corrected chi connectivity index (χ1v) is 5.73. The van der Waals surface area contributed by atoms with Gasteiger partial charge in [-0.15, -0.1) is 0 Å². The molecule has 0 radical (unpaired) electrons. The van der Waals surface area contributed by atoms with Crippen molar-refractivity contribution in [3.8, 4) is 5.75 Å². The zero-order valence-electron chi connectivity index (χ0n) is 10.3. The van der Waals surface area contributed by atoms with Gasteiger partial charge in [0.15, 0.2) is 18.1 Å². The minimum atomic E-state index is -0.759. The molecule has 0 heterocycles. The minimum absolute atomic E-state index is 0.138. The van der Waals surface area contributed by atoms with Crippen LogP contribution in [0.4, 0.5) is 10.1 Å². The normalized spacial score (nSPS) is 10.1. The average molecular weight is 275 g/mol. The Kier molecular flexibility index (Phi) is 4.05. The molecule has 20 heavy (non-hydrogen) atoms. The Morgan fingerprint density at radius 1 is 1.20 bits per heavy atom. The molecule has 0 amide bonds. The van der Waals surface area contributed by atoms with Gasteiger partial charge in [-0.3, -0.25) is 14.9 Å². The molecule has 0 atom stereocenters. The lowest BCUT2D eigenvalue weighted by Gasteiger charge is -2.06. The summed E-state index contributed by atoms with van der Waals surface area (Å²) < 4.78 is 18.1. The summed E-state index contributed by atoms with van der Waals surface area (Å²) in [5.41, 5.74) is -0.0665. The largest absolute Gasteiger partial charge is 0.478 e. The van der Waals surface area contributed by atoms with Crippen molar-refractivity contribution in [3.05, 3.63) is 70.0 Å². The number of carbonyl (C=O) groups excluding carboxylic acids is 1. The standard InChI is InChI=1S/C14H10FNO4/c15-11-6-7-14(12(8-11)16(18)19)20-9-13(17)10-4-2-1-3-5-10/h1-8H,9H2. The van der Waals surface area contributed by atoms with Gasteiger partial charge in [-0.2, -0.15) is 0 Å². The molecule has 2 aromatic carbocycles. The van der Waals surface area contributed by atoms with E-state index in [1.54, 1.807) is 30.3 Å². The van der Waals surface area contributed by atoms with Crippen molar-refractivity contribution in [1.29, 1.82) is 0 Å². The van der Waals surface area contributed by atoms with Crippen LogP contribution in [-0.2, 0) is 0 Å². The maximum Gasteiger partial charge on any atom is 0.313 e. The van der Waals surface area contributed by atoms with E-state index in [-0.39, 0.29) is 18.1 Å². The number of halogens is 1. The number of hydrogen-bond acceptors (Lipinski definition) is 4. The van der Waals surface area contributed by atoms with Crippen molar-refractivity contribution in [1.82, 2.24) is 0 Å². The number of benzene rings is 2. The molecule has 0 spiro atoms. The quantitative estimate of drug-likeness (QED) is 0.478. The highest BCUT2D eigenvalue weighted by atomic mass is 19.1. The Hall–Kier alpha value is -2.76. The molecule has 0 fully saturated rings. The fourth-order valence-corrected chi connectivity index (χ4v) is 1.61. The van der Waals surface area contributed by atoms with Crippen LogP contribution in [0, 0.1) is 15.9 Å². The van der Waals surface area contributed by atoms with Crippen molar-refractivity contribution >= 4 is 11.5 Å². The van der Waals surface area contributed by atoms with E-state index in [1.807, 2.05) is 0 Å².